The third-order valence-electron chi connectivity index (χ3n) is 2.82. The number of carbonyl (C=O) groups excluding carboxylic acids is 1. The molecule has 0 bridgehead atoms. The summed E-state index contributed by atoms with van der Waals surface area (Å²) in [5.74, 6) is -1.03. The number of urea groups is 1. The third-order valence-corrected chi connectivity index (χ3v) is 2.82. The molecule has 6 nitrogen and oxygen atoms in total. The molecule has 0 aliphatic carbocycles. The molecule has 0 saturated heterocycles. The number of nitrogens with zero attached hydrogens (tertiary/aromatic N) is 3. The molecule has 0 spiro atoms. The van der Waals surface area contributed by atoms with Gasteiger partial charge in [-0.1, -0.05) is 6.92 Å². The maximum atomic E-state index is 12.2. The van der Waals surface area contributed by atoms with Gasteiger partial charge in [-0.15, -0.1) is 0 Å². The summed E-state index contributed by atoms with van der Waals surface area (Å²) >= 11 is 0. The molecule has 0 aromatic heterocycles. The predicted octanol–water partition coefficient (Wildman–Crippen LogP) is 1.53. The Hall–Kier alpha value is -1.77. The van der Waals surface area contributed by atoms with Crippen LogP contribution in [0.1, 0.15) is 33.6 Å². The first kappa shape index (κ1) is 16.2. The number of rotatable bonds is 7. The van der Waals surface area contributed by atoms with Gasteiger partial charge < -0.3 is 14.9 Å². The molecule has 0 heterocycles. The van der Waals surface area contributed by atoms with Crippen LogP contribution in [0, 0.1) is 11.3 Å². The Bertz CT molecular complexity index is 325. The van der Waals surface area contributed by atoms with Crippen molar-refractivity contribution in [3.63, 3.8) is 0 Å². The lowest BCUT2D eigenvalue weighted by Crippen LogP contribution is -2.49. The molecule has 0 aromatic rings. The number of amides is 2. The second-order valence-electron chi connectivity index (χ2n) is 4.05. The lowest BCUT2D eigenvalue weighted by molar-refractivity contribution is -0.138. The van der Waals surface area contributed by atoms with Crippen molar-refractivity contribution in [2.24, 2.45) is 0 Å². The first-order valence-electron chi connectivity index (χ1n) is 6.12. The normalized spacial score (nSPS) is 11.4. The average Bonchev–Trinajstić information content (AvgIpc) is 2.35. The highest BCUT2D eigenvalue weighted by Gasteiger charge is 2.25. The summed E-state index contributed by atoms with van der Waals surface area (Å²) in [5.41, 5.74) is 0. The Kier molecular flexibility index (Phi) is 7.52. The molecule has 2 amide bonds. The van der Waals surface area contributed by atoms with E-state index in [2.05, 4.69) is 0 Å². The highest BCUT2D eigenvalue weighted by Crippen LogP contribution is 2.08. The number of carbonyl (C=O) groups is 2. The zero-order valence-electron chi connectivity index (χ0n) is 11.2. The molecule has 18 heavy (non-hydrogen) atoms. The monoisotopic (exact) mass is 255 g/mol. The van der Waals surface area contributed by atoms with Crippen molar-refractivity contribution in [2.75, 3.05) is 19.6 Å². The number of aliphatic carboxylic acids is 1. The van der Waals surface area contributed by atoms with Gasteiger partial charge >= 0.3 is 12.0 Å². The molecular weight excluding hydrogens is 234 g/mol. The van der Waals surface area contributed by atoms with Gasteiger partial charge in [-0.25, -0.2) is 4.79 Å². The molecule has 0 saturated carbocycles. The van der Waals surface area contributed by atoms with E-state index in [1.54, 1.807) is 0 Å². The van der Waals surface area contributed by atoms with E-state index in [0.717, 1.165) is 0 Å². The Labute approximate surface area is 108 Å². The van der Waals surface area contributed by atoms with E-state index >= 15 is 0 Å². The van der Waals surface area contributed by atoms with E-state index in [0.29, 0.717) is 19.5 Å². The molecule has 0 aliphatic heterocycles. The van der Waals surface area contributed by atoms with Crippen LogP contribution >= 0.6 is 0 Å². The summed E-state index contributed by atoms with van der Waals surface area (Å²) < 4.78 is 0. The maximum absolute atomic E-state index is 12.2. The van der Waals surface area contributed by atoms with Crippen LogP contribution in [-0.4, -0.2) is 52.6 Å². The summed E-state index contributed by atoms with van der Waals surface area (Å²) in [7, 11) is 0. The Balaban J connectivity index is 4.80. The first-order chi connectivity index (χ1) is 8.47. The van der Waals surface area contributed by atoms with E-state index in [1.165, 1.54) is 9.80 Å². The van der Waals surface area contributed by atoms with Crippen LogP contribution in [0.4, 0.5) is 4.79 Å². The predicted molar refractivity (Wildman–Crippen MR) is 67.0 cm³/mol. The van der Waals surface area contributed by atoms with Crippen LogP contribution in [0.15, 0.2) is 0 Å². The lowest BCUT2D eigenvalue weighted by Gasteiger charge is -2.32. The molecule has 102 valence electrons. The van der Waals surface area contributed by atoms with Gasteiger partial charge in [0.25, 0.3) is 0 Å². The number of hydrogen-bond donors (Lipinski definition) is 1. The largest absolute Gasteiger partial charge is 0.480 e. The fourth-order valence-electron chi connectivity index (χ4n) is 1.53. The van der Waals surface area contributed by atoms with Gasteiger partial charge in [0.15, 0.2) is 0 Å². The molecule has 1 atom stereocenters. The van der Waals surface area contributed by atoms with Crippen molar-refractivity contribution in [3.8, 4) is 6.07 Å². The fraction of sp³-hybridized carbons (Fsp3) is 0.750. The standard InChI is InChI=1S/C12H21N3O3/c1-4-10(3)15(9-11(16)17)12(18)14(5-2)8-6-7-13/h10H,4-6,8-9H2,1-3H3,(H,16,17). The number of carboxylic acid groups (broad SMARTS) is 1. The highest BCUT2D eigenvalue weighted by molar-refractivity contribution is 5.80. The van der Waals surface area contributed by atoms with Gasteiger partial charge in [0.05, 0.1) is 12.5 Å². The summed E-state index contributed by atoms with van der Waals surface area (Å²) in [6, 6.07) is 1.53. The van der Waals surface area contributed by atoms with E-state index in [4.69, 9.17) is 10.4 Å². The Morgan fingerprint density at radius 3 is 2.39 bits per heavy atom. The molecular formula is C12H21N3O3. The van der Waals surface area contributed by atoms with Crippen molar-refractivity contribution >= 4 is 12.0 Å². The smallest absolute Gasteiger partial charge is 0.323 e. The van der Waals surface area contributed by atoms with Crippen LogP contribution in [0.3, 0.4) is 0 Å². The molecule has 1 N–H and O–H groups in total. The highest BCUT2D eigenvalue weighted by atomic mass is 16.4. The summed E-state index contributed by atoms with van der Waals surface area (Å²) in [6.07, 6.45) is 0.940. The fourth-order valence-corrected chi connectivity index (χ4v) is 1.53. The summed E-state index contributed by atoms with van der Waals surface area (Å²) in [6.45, 7) is 6.02. The van der Waals surface area contributed by atoms with Gasteiger partial charge in [0, 0.05) is 19.1 Å². The Morgan fingerprint density at radius 2 is 2.00 bits per heavy atom. The van der Waals surface area contributed by atoms with E-state index in [1.807, 2.05) is 26.8 Å². The van der Waals surface area contributed by atoms with Crippen LogP contribution in [0.5, 0.6) is 0 Å². The van der Waals surface area contributed by atoms with Gasteiger partial charge in [-0.2, -0.15) is 5.26 Å². The molecule has 0 fully saturated rings. The van der Waals surface area contributed by atoms with E-state index in [-0.39, 0.29) is 25.0 Å². The zero-order valence-corrected chi connectivity index (χ0v) is 11.2. The van der Waals surface area contributed by atoms with Crippen LogP contribution in [0.2, 0.25) is 0 Å². The number of carboxylic acids is 1. The van der Waals surface area contributed by atoms with Gasteiger partial charge in [-0.3, -0.25) is 4.79 Å². The van der Waals surface area contributed by atoms with Crippen molar-refractivity contribution in [3.05, 3.63) is 0 Å². The first-order valence-corrected chi connectivity index (χ1v) is 6.12. The molecule has 6 heteroatoms. The molecule has 1 unspecified atom stereocenters. The SMILES string of the molecule is CCC(C)N(CC(=O)O)C(=O)N(CC)CCC#N. The minimum absolute atomic E-state index is 0.135. The minimum atomic E-state index is -1.03. The van der Waals surface area contributed by atoms with Crippen LogP contribution < -0.4 is 0 Å². The summed E-state index contributed by atoms with van der Waals surface area (Å²) in [4.78, 5) is 25.8. The van der Waals surface area contributed by atoms with Crippen LogP contribution in [-0.2, 0) is 4.79 Å². The second kappa shape index (κ2) is 8.34. The Morgan fingerprint density at radius 1 is 1.39 bits per heavy atom. The molecule has 0 radical (unpaired) electrons. The van der Waals surface area contributed by atoms with Gasteiger partial charge in [-0.05, 0) is 20.3 Å². The second-order valence-corrected chi connectivity index (χ2v) is 4.05. The summed E-state index contributed by atoms with van der Waals surface area (Å²) in [5, 5.41) is 17.4. The quantitative estimate of drug-likeness (QED) is 0.747. The topological polar surface area (TPSA) is 84.6 Å². The van der Waals surface area contributed by atoms with Gasteiger partial charge in [0.2, 0.25) is 0 Å². The van der Waals surface area contributed by atoms with Crippen LogP contribution in [0.25, 0.3) is 0 Å². The van der Waals surface area contributed by atoms with Crippen molar-refractivity contribution < 1.29 is 14.7 Å². The lowest BCUT2D eigenvalue weighted by atomic mass is 10.2. The van der Waals surface area contributed by atoms with Crippen molar-refractivity contribution in [2.45, 2.75) is 39.7 Å². The van der Waals surface area contributed by atoms with E-state index < -0.39 is 5.97 Å². The molecule has 0 rings (SSSR count). The average molecular weight is 255 g/mol. The molecule has 0 aromatic carbocycles. The minimum Gasteiger partial charge on any atom is -0.480 e. The number of hydrogen-bond acceptors (Lipinski definition) is 3. The van der Waals surface area contributed by atoms with Crippen molar-refractivity contribution in [1.82, 2.24) is 9.80 Å². The zero-order chi connectivity index (χ0) is 14.1. The number of nitriles is 1. The van der Waals surface area contributed by atoms with Crippen molar-refractivity contribution in [1.29, 1.82) is 5.26 Å². The molecule has 0 aliphatic rings. The van der Waals surface area contributed by atoms with Gasteiger partial charge in [0.1, 0.15) is 6.54 Å². The maximum Gasteiger partial charge on any atom is 0.323 e. The third kappa shape index (κ3) is 5.04. The van der Waals surface area contributed by atoms with E-state index in [9.17, 15) is 9.59 Å².